The van der Waals surface area contributed by atoms with Gasteiger partial charge in [0.1, 0.15) is 0 Å². The fraction of sp³-hybridized carbons (Fsp3) is 0.0571. The lowest BCUT2D eigenvalue weighted by atomic mass is 9.69. The van der Waals surface area contributed by atoms with Gasteiger partial charge in [0.05, 0.1) is 11.1 Å². The molecule has 0 bridgehead atoms. The molecular formula is C70H49N. The van der Waals surface area contributed by atoms with Crippen LogP contribution >= 0.6 is 0 Å². The van der Waals surface area contributed by atoms with E-state index in [4.69, 9.17) is 0 Å². The monoisotopic (exact) mass is 903 g/mol. The van der Waals surface area contributed by atoms with Gasteiger partial charge in [-0.2, -0.15) is 0 Å². The van der Waals surface area contributed by atoms with Crippen molar-refractivity contribution in [1.29, 1.82) is 0 Å². The topological polar surface area (TPSA) is 3.24 Å². The second-order valence-corrected chi connectivity index (χ2v) is 20.0. The summed E-state index contributed by atoms with van der Waals surface area (Å²) >= 11 is 0. The SMILES string of the molecule is CC1(C)c2ccccc2-c2ccc(N(c3ccc4c(c3)-c3ccc(-c5ccccc5)cc3C43c4cc(-c5ccccc5)ccc4-c4ccc(-c5ccccc5)cc43)c3ccccc3-c3ccccc3)cc21. The van der Waals surface area contributed by atoms with Gasteiger partial charge in [0.25, 0.3) is 0 Å². The molecule has 0 heterocycles. The number of hydrogen-bond acceptors (Lipinski definition) is 1. The molecule has 3 aliphatic rings. The van der Waals surface area contributed by atoms with Gasteiger partial charge in [-0.3, -0.25) is 0 Å². The lowest BCUT2D eigenvalue weighted by Crippen LogP contribution is -2.26. The van der Waals surface area contributed by atoms with E-state index in [2.05, 4.69) is 280 Å². The highest BCUT2D eigenvalue weighted by Crippen LogP contribution is 2.65. The molecule has 0 amide bonds. The summed E-state index contributed by atoms with van der Waals surface area (Å²) in [5.41, 5.74) is 28.0. The Balaban J connectivity index is 1.05. The van der Waals surface area contributed by atoms with E-state index < -0.39 is 5.41 Å². The highest BCUT2D eigenvalue weighted by molar-refractivity contribution is 6.00. The van der Waals surface area contributed by atoms with Crippen molar-refractivity contribution in [1.82, 2.24) is 0 Å². The first-order valence-electron chi connectivity index (χ1n) is 24.9. The molecule has 1 nitrogen and oxygen atoms in total. The van der Waals surface area contributed by atoms with Crippen LogP contribution in [0.4, 0.5) is 17.1 Å². The standard InChI is InChI=1S/C70H49N/c1-69(2)62-29-17-15-28-56(62)57-39-34-54(45-64(57)69)71(68-30-18-16-27-55(68)49-25-13-6-14-26-49)53-35-40-63-61(44-53)60-38-33-52(48-23-11-5-12-24-48)43-67(60)70(63)65-41-50(46-19-7-3-8-20-46)31-36-58(65)59-37-32-51(42-66(59)70)47-21-9-4-10-22-47/h3-45H,1-2H3. The van der Waals surface area contributed by atoms with Crippen LogP contribution in [0.5, 0.6) is 0 Å². The van der Waals surface area contributed by atoms with Gasteiger partial charge in [-0.15, -0.1) is 0 Å². The maximum absolute atomic E-state index is 2.52. The highest BCUT2D eigenvalue weighted by atomic mass is 15.1. The van der Waals surface area contributed by atoms with Crippen molar-refractivity contribution in [2.24, 2.45) is 0 Å². The largest absolute Gasteiger partial charge is 0.310 e. The molecule has 0 N–H and O–H groups in total. The normalized spacial score (nSPS) is 13.7. The Morgan fingerprint density at radius 2 is 0.634 bits per heavy atom. The highest BCUT2D eigenvalue weighted by Gasteiger charge is 2.52. The van der Waals surface area contributed by atoms with Crippen LogP contribution in [0.3, 0.4) is 0 Å². The molecule has 0 fully saturated rings. The summed E-state index contributed by atoms with van der Waals surface area (Å²) < 4.78 is 0. The van der Waals surface area contributed by atoms with E-state index in [1.54, 1.807) is 0 Å². The summed E-state index contributed by atoms with van der Waals surface area (Å²) in [6.45, 7) is 4.76. The Morgan fingerprint density at radius 3 is 1.18 bits per heavy atom. The van der Waals surface area contributed by atoms with Gasteiger partial charge in [-0.25, -0.2) is 0 Å². The van der Waals surface area contributed by atoms with Crippen molar-refractivity contribution in [3.63, 3.8) is 0 Å². The predicted octanol–water partition coefficient (Wildman–Crippen LogP) is 18.5. The third-order valence-electron chi connectivity index (χ3n) is 15.9. The van der Waals surface area contributed by atoms with E-state index in [9.17, 15) is 0 Å². The van der Waals surface area contributed by atoms with Gasteiger partial charge in [-0.05, 0) is 154 Å². The smallest absolute Gasteiger partial charge is 0.0726 e. The van der Waals surface area contributed by atoms with E-state index in [0.29, 0.717) is 0 Å². The van der Waals surface area contributed by atoms with Crippen LogP contribution in [0.25, 0.3) is 77.9 Å². The molecule has 11 aromatic rings. The quantitative estimate of drug-likeness (QED) is 0.154. The van der Waals surface area contributed by atoms with Crippen LogP contribution in [-0.2, 0) is 10.8 Å². The second-order valence-electron chi connectivity index (χ2n) is 20.0. The van der Waals surface area contributed by atoms with Gasteiger partial charge in [0, 0.05) is 22.4 Å². The Morgan fingerprint density at radius 1 is 0.239 bits per heavy atom. The number of fused-ring (bicyclic) bond motifs is 13. The first-order chi connectivity index (χ1) is 35.0. The van der Waals surface area contributed by atoms with E-state index in [1.807, 2.05) is 0 Å². The average Bonchev–Trinajstić information content (AvgIpc) is 4.00. The molecule has 11 aromatic carbocycles. The molecule has 0 saturated carbocycles. The summed E-state index contributed by atoms with van der Waals surface area (Å²) in [5.74, 6) is 0. The van der Waals surface area contributed by atoms with E-state index in [1.165, 1.54) is 111 Å². The van der Waals surface area contributed by atoms with Crippen LogP contribution in [0.15, 0.2) is 261 Å². The summed E-state index contributed by atoms with van der Waals surface area (Å²) in [4.78, 5) is 2.52. The van der Waals surface area contributed by atoms with Crippen LogP contribution in [-0.4, -0.2) is 0 Å². The first kappa shape index (κ1) is 41.2. The predicted molar refractivity (Wildman–Crippen MR) is 297 cm³/mol. The molecule has 334 valence electrons. The number of hydrogen-bond donors (Lipinski definition) is 0. The Bertz CT molecular complexity index is 3800. The number of nitrogens with zero attached hydrogens (tertiary/aromatic N) is 1. The number of para-hydroxylation sites is 1. The third kappa shape index (κ3) is 6.19. The molecule has 0 aromatic heterocycles. The lowest BCUT2D eigenvalue weighted by Gasteiger charge is -2.32. The van der Waals surface area contributed by atoms with Crippen molar-refractivity contribution in [2.75, 3.05) is 4.90 Å². The minimum atomic E-state index is -0.607. The van der Waals surface area contributed by atoms with Gasteiger partial charge in [0.2, 0.25) is 0 Å². The van der Waals surface area contributed by atoms with Crippen molar-refractivity contribution in [3.8, 4) is 77.9 Å². The molecular weight excluding hydrogens is 855 g/mol. The molecule has 14 rings (SSSR count). The Kier molecular flexibility index (Phi) is 9.22. The van der Waals surface area contributed by atoms with Crippen LogP contribution in [0.1, 0.15) is 47.2 Å². The minimum Gasteiger partial charge on any atom is -0.310 e. The van der Waals surface area contributed by atoms with E-state index >= 15 is 0 Å². The Labute approximate surface area is 416 Å². The zero-order valence-electron chi connectivity index (χ0n) is 39.8. The van der Waals surface area contributed by atoms with E-state index in [-0.39, 0.29) is 5.41 Å². The van der Waals surface area contributed by atoms with Crippen LogP contribution in [0, 0.1) is 0 Å². The molecule has 71 heavy (non-hydrogen) atoms. The molecule has 0 unspecified atom stereocenters. The van der Waals surface area contributed by atoms with Gasteiger partial charge in [0.15, 0.2) is 0 Å². The molecule has 0 radical (unpaired) electrons. The van der Waals surface area contributed by atoms with Gasteiger partial charge in [-0.1, -0.05) is 226 Å². The molecule has 0 saturated heterocycles. The minimum absolute atomic E-state index is 0.160. The van der Waals surface area contributed by atoms with Gasteiger partial charge < -0.3 is 4.90 Å². The van der Waals surface area contributed by atoms with Crippen LogP contribution < -0.4 is 4.90 Å². The average molecular weight is 904 g/mol. The third-order valence-corrected chi connectivity index (χ3v) is 15.9. The number of rotatable bonds is 7. The first-order valence-corrected chi connectivity index (χ1v) is 24.9. The van der Waals surface area contributed by atoms with Crippen molar-refractivity contribution >= 4 is 17.1 Å². The maximum Gasteiger partial charge on any atom is 0.0726 e. The molecule has 3 aliphatic carbocycles. The molecule has 0 atom stereocenters. The fourth-order valence-electron chi connectivity index (χ4n) is 12.6. The molecule has 0 aliphatic heterocycles. The zero-order valence-corrected chi connectivity index (χ0v) is 39.8. The second kappa shape index (κ2) is 15.9. The van der Waals surface area contributed by atoms with Crippen LogP contribution in [0.2, 0.25) is 0 Å². The number of benzene rings is 11. The zero-order chi connectivity index (χ0) is 47.3. The van der Waals surface area contributed by atoms with E-state index in [0.717, 1.165) is 17.1 Å². The Hall–Kier alpha value is -8.78. The van der Waals surface area contributed by atoms with Gasteiger partial charge >= 0.3 is 0 Å². The van der Waals surface area contributed by atoms with Crippen molar-refractivity contribution in [2.45, 2.75) is 24.7 Å². The number of anilines is 3. The molecule has 1 spiro atoms. The summed E-state index contributed by atoms with van der Waals surface area (Å²) in [7, 11) is 0. The fourth-order valence-corrected chi connectivity index (χ4v) is 12.6. The lowest BCUT2D eigenvalue weighted by molar-refractivity contribution is 0.660. The van der Waals surface area contributed by atoms with Crippen molar-refractivity contribution in [3.05, 3.63) is 294 Å². The summed E-state index contributed by atoms with van der Waals surface area (Å²) in [6, 6.07) is 97.6. The van der Waals surface area contributed by atoms with Crippen molar-refractivity contribution < 1.29 is 0 Å². The summed E-state index contributed by atoms with van der Waals surface area (Å²) in [6.07, 6.45) is 0. The summed E-state index contributed by atoms with van der Waals surface area (Å²) in [5, 5.41) is 0. The maximum atomic E-state index is 2.52. The molecule has 1 heteroatoms.